The molecule has 0 aliphatic rings. The zero-order chi connectivity index (χ0) is 17.3. The van der Waals surface area contributed by atoms with Gasteiger partial charge < -0.3 is 0 Å². The van der Waals surface area contributed by atoms with Crippen LogP contribution in [0.5, 0.6) is 0 Å². The zero-order valence-electron chi connectivity index (χ0n) is 16.7. The van der Waals surface area contributed by atoms with Crippen molar-refractivity contribution in [1.82, 2.24) is 0 Å². The molecule has 0 radical (unpaired) electrons. The van der Waals surface area contributed by atoms with Crippen LogP contribution >= 0.6 is 0 Å². The molecule has 0 bridgehead atoms. The Morgan fingerprint density at radius 2 is 1.09 bits per heavy atom. The van der Waals surface area contributed by atoms with Crippen LogP contribution < -0.4 is 8.77 Å². The summed E-state index contributed by atoms with van der Waals surface area (Å²) in [6.07, 6.45) is 8.47. The minimum atomic E-state index is -2.19. The minimum absolute atomic E-state index is 1.17. The Morgan fingerprint density at radius 3 is 1.39 bits per heavy atom. The predicted molar refractivity (Wildman–Crippen MR) is 114 cm³/mol. The molecule has 0 spiro atoms. The van der Waals surface area contributed by atoms with E-state index in [1.807, 2.05) is 3.58 Å². The molecule has 1 aromatic rings. The van der Waals surface area contributed by atoms with Crippen molar-refractivity contribution in [2.75, 3.05) is 0 Å². The first kappa shape index (κ1) is 21.3. The van der Waals surface area contributed by atoms with Gasteiger partial charge in [-0.3, -0.25) is 0 Å². The van der Waals surface area contributed by atoms with Crippen LogP contribution in [0.25, 0.3) is 0 Å². The van der Waals surface area contributed by atoms with E-state index in [2.05, 4.69) is 64.7 Å². The Labute approximate surface area is 151 Å². The Morgan fingerprint density at radius 1 is 0.696 bits per heavy atom. The molecule has 0 unspecified atom stereocenters. The summed E-state index contributed by atoms with van der Waals surface area (Å²) in [5.74, 6) is 0. The summed E-state index contributed by atoms with van der Waals surface area (Å²) in [7, 11) is -1.17. The molecule has 0 saturated carbocycles. The van der Waals surface area contributed by atoms with E-state index in [9.17, 15) is 0 Å². The van der Waals surface area contributed by atoms with Gasteiger partial charge in [-0.05, 0) is 0 Å². The van der Waals surface area contributed by atoms with Crippen LogP contribution in [0.15, 0.2) is 24.3 Å². The van der Waals surface area contributed by atoms with E-state index in [1.54, 1.807) is 18.5 Å². The third-order valence-corrected chi connectivity index (χ3v) is 23.1. The van der Waals surface area contributed by atoms with Gasteiger partial charge in [0.15, 0.2) is 0 Å². The van der Waals surface area contributed by atoms with E-state index < -0.39 is 26.5 Å². The quantitative estimate of drug-likeness (QED) is 0.356. The first-order valence-electron chi connectivity index (χ1n) is 10.0. The van der Waals surface area contributed by atoms with Gasteiger partial charge in [0.2, 0.25) is 0 Å². The molecule has 0 aliphatic carbocycles. The SMILES string of the molecule is CCC[CH2][Sn]([CH2]CCC)([CH2]CCC)[c]1ccc([Si](C)(C)C)cc1. The molecule has 132 valence electrons. The van der Waals surface area contributed by atoms with Crippen LogP contribution in [-0.4, -0.2) is 26.5 Å². The molecule has 2 heteroatoms. The molecule has 1 aromatic carbocycles. The monoisotopic (exact) mass is 440 g/mol. The standard InChI is InChI=1S/C9H13Si.3C4H9.Sn/c1-10(2,3)9-7-5-4-6-8-9;3*1-3-4-2;/h5-8H,1-3H3;3*1,3-4H2,2H3;. The van der Waals surface area contributed by atoms with Gasteiger partial charge in [0, 0.05) is 0 Å². The van der Waals surface area contributed by atoms with Gasteiger partial charge in [-0.2, -0.15) is 0 Å². The average molecular weight is 439 g/mol. The van der Waals surface area contributed by atoms with Crippen LogP contribution in [0.2, 0.25) is 33.0 Å². The molecule has 0 atom stereocenters. The van der Waals surface area contributed by atoms with Crippen LogP contribution in [0, 0.1) is 0 Å². The fraction of sp³-hybridized carbons (Fsp3) is 0.714. The third kappa shape index (κ3) is 6.57. The molecule has 0 saturated heterocycles. The van der Waals surface area contributed by atoms with Crippen LogP contribution in [0.4, 0.5) is 0 Å². The fourth-order valence-corrected chi connectivity index (χ4v) is 20.8. The summed E-state index contributed by atoms with van der Waals surface area (Å²) in [6, 6.07) is 10.1. The second kappa shape index (κ2) is 10.3. The summed E-state index contributed by atoms with van der Waals surface area (Å²) in [5.41, 5.74) is 0. The van der Waals surface area contributed by atoms with Crippen molar-refractivity contribution in [2.24, 2.45) is 0 Å². The average Bonchev–Trinajstić information content (AvgIpc) is 2.54. The van der Waals surface area contributed by atoms with Gasteiger partial charge >= 0.3 is 152 Å². The number of hydrogen-bond acceptors (Lipinski definition) is 0. The van der Waals surface area contributed by atoms with Crippen LogP contribution in [0.3, 0.4) is 0 Å². The van der Waals surface area contributed by atoms with Gasteiger partial charge in [-0.1, -0.05) is 0 Å². The second-order valence-corrected chi connectivity index (χ2v) is 26.7. The molecule has 23 heavy (non-hydrogen) atoms. The summed E-state index contributed by atoms with van der Waals surface area (Å²) in [5, 5.41) is 1.63. The molecule has 0 fully saturated rings. The third-order valence-electron chi connectivity index (χ3n) is 5.39. The molecule has 1 rings (SSSR count). The molecule has 0 nitrogen and oxygen atoms in total. The first-order valence-corrected chi connectivity index (χ1v) is 21.0. The zero-order valence-corrected chi connectivity index (χ0v) is 20.5. The van der Waals surface area contributed by atoms with Crippen molar-refractivity contribution in [3.63, 3.8) is 0 Å². The van der Waals surface area contributed by atoms with E-state index in [0.29, 0.717) is 0 Å². The normalized spacial score (nSPS) is 12.6. The Kier molecular flexibility index (Phi) is 9.51. The van der Waals surface area contributed by atoms with Crippen molar-refractivity contribution < 1.29 is 0 Å². The van der Waals surface area contributed by atoms with Gasteiger partial charge in [0.1, 0.15) is 0 Å². The summed E-state index contributed by atoms with van der Waals surface area (Å²) >= 11 is -2.19. The second-order valence-electron chi connectivity index (χ2n) is 8.42. The van der Waals surface area contributed by atoms with Gasteiger partial charge in [0.25, 0.3) is 0 Å². The molecular formula is C21H40SiSn. The number of rotatable bonds is 11. The van der Waals surface area contributed by atoms with Crippen molar-refractivity contribution in [2.45, 2.75) is 92.2 Å². The summed E-state index contributed by atoms with van der Waals surface area (Å²) in [4.78, 5) is 0. The van der Waals surface area contributed by atoms with E-state index >= 15 is 0 Å². The van der Waals surface area contributed by atoms with Crippen molar-refractivity contribution in [3.05, 3.63) is 24.3 Å². The molecule has 0 N–H and O–H groups in total. The van der Waals surface area contributed by atoms with E-state index in [-0.39, 0.29) is 0 Å². The van der Waals surface area contributed by atoms with E-state index in [4.69, 9.17) is 0 Å². The molecule has 0 heterocycles. The Balaban J connectivity index is 3.12. The molecular weight excluding hydrogens is 399 g/mol. The van der Waals surface area contributed by atoms with Gasteiger partial charge in [-0.15, -0.1) is 0 Å². The predicted octanol–water partition coefficient (Wildman–Crippen LogP) is 6.29. The molecule has 0 aliphatic heterocycles. The van der Waals surface area contributed by atoms with Crippen LogP contribution in [0.1, 0.15) is 59.3 Å². The molecule has 0 aromatic heterocycles. The van der Waals surface area contributed by atoms with Crippen molar-refractivity contribution in [1.29, 1.82) is 0 Å². The summed E-state index contributed by atoms with van der Waals surface area (Å²) in [6.45, 7) is 14.5. The first-order chi connectivity index (χ1) is 10.9. The Bertz CT molecular complexity index is 408. The van der Waals surface area contributed by atoms with Crippen molar-refractivity contribution in [3.8, 4) is 0 Å². The van der Waals surface area contributed by atoms with Gasteiger partial charge in [-0.25, -0.2) is 0 Å². The Hall–Kier alpha value is 0.236. The van der Waals surface area contributed by atoms with E-state index in [1.165, 1.54) is 38.5 Å². The van der Waals surface area contributed by atoms with Crippen molar-refractivity contribution >= 4 is 35.2 Å². The van der Waals surface area contributed by atoms with E-state index in [0.717, 1.165) is 0 Å². The number of unbranched alkanes of at least 4 members (excludes halogenated alkanes) is 3. The fourth-order valence-electron chi connectivity index (χ4n) is 3.68. The maximum absolute atomic E-state index is 2.57. The molecule has 0 amide bonds. The number of hydrogen-bond donors (Lipinski definition) is 0. The maximum atomic E-state index is 2.57. The van der Waals surface area contributed by atoms with Gasteiger partial charge in [0.05, 0.1) is 0 Å². The number of benzene rings is 1. The van der Waals surface area contributed by atoms with Crippen LogP contribution in [-0.2, 0) is 0 Å². The summed E-state index contributed by atoms with van der Waals surface area (Å²) < 4.78 is 6.57. The topological polar surface area (TPSA) is 0 Å².